The zero-order valence-corrected chi connectivity index (χ0v) is 14.6. The minimum absolute atomic E-state index is 0.296. The Bertz CT molecular complexity index is 473. The van der Waals surface area contributed by atoms with Crippen LogP contribution in [0.4, 0.5) is 4.79 Å². The van der Waals surface area contributed by atoms with E-state index in [0.29, 0.717) is 17.7 Å². The third kappa shape index (κ3) is 2.10. The second-order valence-corrected chi connectivity index (χ2v) is 12.2. The van der Waals surface area contributed by atoms with Crippen LogP contribution in [-0.4, -0.2) is 42.2 Å². The molecule has 2 amide bonds. The lowest BCUT2D eigenvalue weighted by molar-refractivity contribution is 0.199. The van der Waals surface area contributed by atoms with Gasteiger partial charge in [-0.2, -0.15) is 0 Å². The van der Waals surface area contributed by atoms with E-state index >= 15 is 0 Å². The van der Waals surface area contributed by atoms with Crippen molar-refractivity contribution in [3.8, 4) is 0 Å². The van der Waals surface area contributed by atoms with E-state index < -0.39 is 8.07 Å². The molecule has 2 heterocycles. The van der Waals surface area contributed by atoms with Gasteiger partial charge in [-0.25, -0.2) is 4.79 Å². The van der Waals surface area contributed by atoms with Gasteiger partial charge in [-0.05, 0) is 18.9 Å². The Morgan fingerprint density at radius 1 is 1.24 bits per heavy atom. The fourth-order valence-electron chi connectivity index (χ4n) is 4.76. The smallest absolute Gasteiger partial charge is 0.320 e. The highest BCUT2D eigenvalue weighted by atomic mass is 28.3. The van der Waals surface area contributed by atoms with E-state index in [2.05, 4.69) is 48.8 Å². The second-order valence-electron chi connectivity index (χ2n) is 6.71. The molecule has 0 unspecified atom stereocenters. The van der Waals surface area contributed by atoms with Crippen LogP contribution in [0.25, 0.3) is 0 Å². The van der Waals surface area contributed by atoms with Gasteiger partial charge in [0.2, 0.25) is 0 Å². The van der Waals surface area contributed by atoms with Crippen LogP contribution < -0.4 is 0 Å². The Balaban J connectivity index is 2.01. The number of urea groups is 1. The van der Waals surface area contributed by atoms with Gasteiger partial charge in [0, 0.05) is 18.7 Å². The molecule has 0 bridgehead atoms. The first-order valence-electron chi connectivity index (χ1n) is 8.64. The summed E-state index contributed by atoms with van der Waals surface area (Å²) in [6.45, 7) is 8.06. The van der Waals surface area contributed by atoms with Crippen LogP contribution in [0.3, 0.4) is 0 Å². The highest BCUT2D eigenvalue weighted by molar-refractivity contribution is 6.81. The Hall–Kier alpha value is -1.03. The van der Waals surface area contributed by atoms with Crippen molar-refractivity contribution in [2.45, 2.75) is 69.9 Å². The molecule has 2 atom stereocenters. The zero-order valence-electron chi connectivity index (χ0n) is 13.6. The number of carbonyl (C=O) groups is 1. The van der Waals surface area contributed by atoms with Crippen LogP contribution in [0.1, 0.15) is 40.0 Å². The second kappa shape index (κ2) is 5.63. The van der Waals surface area contributed by atoms with E-state index in [9.17, 15) is 4.79 Å². The van der Waals surface area contributed by atoms with Crippen molar-refractivity contribution in [3.63, 3.8) is 0 Å². The fraction of sp³-hybridized carbons (Fsp3) is 0.706. The Labute approximate surface area is 129 Å². The van der Waals surface area contributed by atoms with E-state index in [1.54, 1.807) is 0 Å². The lowest BCUT2D eigenvalue weighted by Crippen LogP contribution is -2.57. The molecular formula is C17H28N2OSi. The van der Waals surface area contributed by atoms with Gasteiger partial charge in [0.15, 0.2) is 0 Å². The van der Waals surface area contributed by atoms with Gasteiger partial charge in [0.25, 0.3) is 0 Å². The summed E-state index contributed by atoms with van der Waals surface area (Å²) in [5.41, 5.74) is 1.74. The molecule has 1 aliphatic carbocycles. The van der Waals surface area contributed by atoms with Crippen molar-refractivity contribution in [2.75, 3.05) is 6.54 Å². The van der Waals surface area contributed by atoms with Crippen LogP contribution in [0, 0.1) is 0 Å². The average molecular weight is 305 g/mol. The summed E-state index contributed by atoms with van der Waals surface area (Å²) in [5, 5.41) is 0. The largest absolute Gasteiger partial charge is 0.324 e. The summed E-state index contributed by atoms with van der Waals surface area (Å²) in [7, 11) is -1.45. The molecular weight excluding hydrogens is 276 g/mol. The zero-order chi connectivity index (χ0) is 15.0. The Morgan fingerprint density at radius 3 is 2.52 bits per heavy atom. The molecule has 0 aromatic rings. The normalized spacial score (nSPS) is 28.5. The topological polar surface area (TPSA) is 23.6 Å². The molecule has 0 aromatic heterocycles. The maximum atomic E-state index is 13.0. The van der Waals surface area contributed by atoms with Crippen molar-refractivity contribution < 1.29 is 4.79 Å². The van der Waals surface area contributed by atoms with E-state index in [1.165, 1.54) is 36.7 Å². The van der Waals surface area contributed by atoms with Crippen molar-refractivity contribution in [2.24, 2.45) is 0 Å². The lowest BCUT2D eigenvalue weighted by atomic mass is 10.2. The number of hydrogen-bond acceptors (Lipinski definition) is 1. The highest BCUT2D eigenvalue weighted by Gasteiger charge is 2.56. The number of hydrogen-bond donors (Lipinski definition) is 0. The molecule has 3 nitrogen and oxygen atoms in total. The molecule has 0 radical (unpaired) electrons. The molecule has 2 fully saturated rings. The van der Waals surface area contributed by atoms with Crippen molar-refractivity contribution in [3.05, 3.63) is 23.9 Å². The molecule has 0 saturated carbocycles. The molecule has 0 N–H and O–H groups in total. The van der Waals surface area contributed by atoms with Gasteiger partial charge in [-0.15, -0.1) is 0 Å². The summed E-state index contributed by atoms with van der Waals surface area (Å²) in [6, 6.07) is 4.66. The highest BCUT2D eigenvalue weighted by Crippen LogP contribution is 2.43. The third-order valence-electron chi connectivity index (χ3n) is 6.19. The number of allylic oxidation sites excluding steroid dienone is 3. The first-order valence-corrected chi connectivity index (χ1v) is 11.3. The number of amides is 2. The molecule has 21 heavy (non-hydrogen) atoms. The summed E-state index contributed by atoms with van der Waals surface area (Å²) >= 11 is 0. The van der Waals surface area contributed by atoms with Crippen LogP contribution in [0.5, 0.6) is 0 Å². The van der Waals surface area contributed by atoms with Gasteiger partial charge >= 0.3 is 6.03 Å². The lowest BCUT2D eigenvalue weighted by Gasteiger charge is -2.42. The predicted molar refractivity (Wildman–Crippen MR) is 89.8 cm³/mol. The van der Waals surface area contributed by atoms with Crippen molar-refractivity contribution in [1.82, 2.24) is 9.80 Å². The quantitative estimate of drug-likeness (QED) is 0.700. The Kier molecular flexibility index (Phi) is 3.99. The van der Waals surface area contributed by atoms with Gasteiger partial charge in [0.05, 0.1) is 19.8 Å². The van der Waals surface area contributed by atoms with E-state index in [4.69, 9.17) is 0 Å². The number of nitrogens with zero attached hydrogens (tertiary/aromatic N) is 2. The molecule has 116 valence electrons. The van der Waals surface area contributed by atoms with Crippen molar-refractivity contribution in [1.29, 1.82) is 0 Å². The summed E-state index contributed by atoms with van der Waals surface area (Å²) in [4.78, 5) is 17.4. The summed E-state index contributed by atoms with van der Waals surface area (Å²) < 4.78 is 0. The molecule has 3 rings (SSSR count). The first-order chi connectivity index (χ1) is 10.2. The summed E-state index contributed by atoms with van der Waals surface area (Å²) in [6.07, 6.45) is 9.78. The van der Waals surface area contributed by atoms with Crippen LogP contribution in [0.15, 0.2) is 23.9 Å². The third-order valence-corrected chi connectivity index (χ3v) is 12.3. The van der Waals surface area contributed by atoms with Gasteiger partial charge in [0.1, 0.15) is 0 Å². The maximum absolute atomic E-state index is 13.0. The predicted octanol–water partition coefficient (Wildman–Crippen LogP) is 4.15. The average Bonchev–Trinajstić information content (AvgIpc) is 3.21. The van der Waals surface area contributed by atoms with E-state index in [1.807, 2.05) is 0 Å². The van der Waals surface area contributed by atoms with Crippen molar-refractivity contribution >= 4 is 14.1 Å². The molecule has 0 aromatic carbocycles. The SMILES string of the molecule is CC[Si](CC)(CC)[C@@H]1[C@@H]2CCCN2C(=O)N1C1=CC=CC1. The minimum atomic E-state index is -1.45. The van der Waals surface area contributed by atoms with Crippen LogP contribution in [0.2, 0.25) is 18.1 Å². The van der Waals surface area contributed by atoms with E-state index in [0.717, 1.165) is 13.0 Å². The van der Waals surface area contributed by atoms with Gasteiger partial charge < -0.3 is 4.90 Å². The molecule has 4 heteroatoms. The fourth-order valence-corrected chi connectivity index (χ4v) is 9.50. The monoisotopic (exact) mass is 304 g/mol. The van der Waals surface area contributed by atoms with Gasteiger partial charge in [-0.3, -0.25) is 4.90 Å². The molecule has 3 aliphatic rings. The van der Waals surface area contributed by atoms with Crippen LogP contribution >= 0.6 is 0 Å². The standard InChI is InChI=1S/C17H28N2OSi/c1-4-21(5-2,6-3)16-15-12-9-13-18(15)17(20)19(16)14-10-7-8-11-14/h7-8,10,15-16H,4-6,9,11-13H2,1-3H3/t15-,16+/m0/s1. The van der Waals surface area contributed by atoms with Gasteiger partial charge in [-0.1, -0.05) is 51.1 Å². The molecule has 0 spiro atoms. The number of rotatable bonds is 5. The summed E-state index contributed by atoms with van der Waals surface area (Å²) in [5.74, 6) is 0. The van der Waals surface area contributed by atoms with E-state index in [-0.39, 0.29) is 0 Å². The number of fused-ring (bicyclic) bond motifs is 1. The number of carbonyl (C=O) groups excluding carboxylic acids is 1. The Morgan fingerprint density at radius 2 is 1.95 bits per heavy atom. The molecule has 2 aliphatic heterocycles. The minimum Gasteiger partial charge on any atom is -0.320 e. The van der Waals surface area contributed by atoms with Crippen LogP contribution in [-0.2, 0) is 0 Å². The first kappa shape index (κ1) is 14.9. The molecule has 2 saturated heterocycles. The maximum Gasteiger partial charge on any atom is 0.324 e.